The Morgan fingerprint density at radius 2 is 1.75 bits per heavy atom. The van der Waals surface area contributed by atoms with Crippen molar-refractivity contribution in [1.29, 1.82) is 0 Å². The minimum atomic E-state index is -3.51. The number of hydrogen-bond acceptors (Lipinski definition) is 3. The molecule has 1 aliphatic heterocycles. The zero-order valence-corrected chi connectivity index (χ0v) is 14.5. The lowest BCUT2D eigenvalue weighted by Gasteiger charge is -2.16. The van der Waals surface area contributed by atoms with Gasteiger partial charge in [0.25, 0.3) is 5.91 Å². The summed E-state index contributed by atoms with van der Waals surface area (Å²) in [6, 6.07) is 12.9. The van der Waals surface area contributed by atoms with Crippen LogP contribution in [0.1, 0.15) is 23.2 Å². The number of benzene rings is 2. The van der Waals surface area contributed by atoms with Crippen molar-refractivity contribution in [2.75, 3.05) is 18.4 Å². The maximum Gasteiger partial charge on any atom is 0.255 e. The summed E-state index contributed by atoms with van der Waals surface area (Å²) in [6.45, 7) is 1.09. The Hall–Kier alpha value is -1.89. The van der Waals surface area contributed by atoms with Gasteiger partial charge in [-0.25, -0.2) is 8.42 Å². The van der Waals surface area contributed by atoms with Crippen molar-refractivity contribution < 1.29 is 13.2 Å². The van der Waals surface area contributed by atoms with Crippen LogP contribution in [0.15, 0.2) is 53.4 Å². The van der Waals surface area contributed by atoms with Gasteiger partial charge in [0.1, 0.15) is 0 Å². The van der Waals surface area contributed by atoms with Crippen molar-refractivity contribution in [3.05, 3.63) is 59.1 Å². The third-order valence-electron chi connectivity index (χ3n) is 3.88. The van der Waals surface area contributed by atoms with Gasteiger partial charge in [-0.3, -0.25) is 4.79 Å². The number of halogens is 1. The predicted octanol–water partition coefficient (Wildman–Crippen LogP) is 3.38. The molecule has 1 saturated heterocycles. The molecule has 0 bridgehead atoms. The van der Waals surface area contributed by atoms with Crippen LogP contribution in [0.3, 0.4) is 0 Å². The lowest BCUT2D eigenvalue weighted by Crippen LogP contribution is -2.27. The van der Waals surface area contributed by atoms with Gasteiger partial charge in [-0.15, -0.1) is 0 Å². The van der Waals surface area contributed by atoms with Gasteiger partial charge < -0.3 is 5.32 Å². The summed E-state index contributed by atoms with van der Waals surface area (Å²) in [7, 11) is -3.51. The fraction of sp³-hybridized carbons (Fsp3) is 0.235. The van der Waals surface area contributed by atoms with Gasteiger partial charge in [-0.1, -0.05) is 23.7 Å². The normalized spacial score (nSPS) is 15.4. The first-order valence-corrected chi connectivity index (χ1v) is 9.46. The van der Waals surface area contributed by atoms with E-state index >= 15 is 0 Å². The average Bonchev–Trinajstić information content (AvgIpc) is 3.10. The highest BCUT2D eigenvalue weighted by atomic mass is 35.5. The molecular formula is C17H17ClN2O3S. The van der Waals surface area contributed by atoms with Gasteiger partial charge in [0, 0.05) is 29.4 Å². The first kappa shape index (κ1) is 17.0. The second-order valence-electron chi connectivity index (χ2n) is 5.60. The molecule has 0 atom stereocenters. The Morgan fingerprint density at radius 1 is 1.04 bits per heavy atom. The van der Waals surface area contributed by atoms with E-state index in [9.17, 15) is 13.2 Å². The zero-order chi connectivity index (χ0) is 17.2. The van der Waals surface area contributed by atoms with Gasteiger partial charge in [0.2, 0.25) is 10.0 Å². The largest absolute Gasteiger partial charge is 0.322 e. The summed E-state index contributed by atoms with van der Waals surface area (Å²) in [5.41, 5.74) is 0.843. The monoisotopic (exact) mass is 364 g/mol. The third-order valence-corrected chi connectivity index (χ3v) is 6.01. The predicted molar refractivity (Wildman–Crippen MR) is 93.8 cm³/mol. The quantitative estimate of drug-likeness (QED) is 0.904. The number of carbonyl (C=O) groups excluding carboxylic acids is 1. The molecule has 1 fully saturated rings. The van der Waals surface area contributed by atoms with E-state index in [1.54, 1.807) is 42.5 Å². The minimum absolute atomic E-state index is 0.188. The first-order chi connectivity index (χ1) is 11.5. The van der Waals surface area contributed by atoms with Crippen LogP contribution in [-0.4, -0.2) is 31.7 Å². The Kier molecular flexibility index (Phi) is 4.89. The summed E-state index contributed by atoms with van der Waals surface area (Å²) in [5, 5.41) is 3.17. The molecule has 0 aliphatic carbocycles. The van der Waals surface area contributed by atoms with Crippen LogP contribution in [0, 0.1) is 0 Å². The number of hydrogen-bond donors (Lipinski definition) is 1. The number of anilines is 1. The molecule has 126 valence electrons. The fourth-order valence-corrected chi connectivity index (χ4v) is 4.40. The van der Waals surface area contributed by atoms with Gasteiger partial charge in [0.15, 0.2) is 0 Å². The van der Waals surface area contributed by atoms with Gasteiger partial charge in [-0.05, 0) is 49.2 Å². The lowest BCUT2D eigenvalue weighted by molar-refractivity contribution is 0.102. The third kappa shape index (κ3) is 3.61. The molecule has 2 aromatic rings. The molecule has 0 radical (unpaired) electrons. The van der Waals surface area contributed by atoms with Gasteiger partial charge in [0.05, 0.1) is 4.90 Å². The molecule has 1 N–H and O–H groups in total. The van der Waals surface area contributed by atoms with Crippen LogP contribution in [0.4, 0.5) is 5.69 Å². The van der Waals surface area contributed by atoms with E-state index in [2.05, 4.69) is 5.32 Å². The van der Waals surface area contributed by atoms with Crippen molar-refractivity contribution in [1.82, 2.24) is 4.31 Å². The second-order valence-corrected chi connectivity index (χ2v) is 7.98. The van der Waals surface area contributed by atoms with Gasteiger partial charge in [-0.2, -0.15) is 4.31 Å². The number of carbonyl (C=O) groups is 1. The minimum Gasteiger partial charge on any atom is -0.322 e. The van der Waals surface area contributed by atoms with Crippen molar-refractivity contribution >= 4 is 33.2 Å². The Balaban J connectivity index is 1.82. The molecule has 0 spiro atoms. The Labute approximate surface area is 146 Å². The highest BCUT2D eigenvalue weighted by molar-refractivity contribution is 7.89. The van der Waals surface area contributed by atoms with Crippen LogP contribution in [-0.2, 0) is 10.0 Å². The zero-order valence-electron chi connectivity index (χ0n) is 12.9. The standard InChI is InChI=1S/C17H17ClN2O3S/c18-14-6-3-5-13(11-14)17(21)19-15-7-4-8-16(12-15)24(22,23)20-9-1-2-10-20/h3-8,11-12H,1-2,9-10H2,(H,19,21). The molecule has 1 aliphatic rings. The summed E-state index contributed by atoms with van der Waals surface area (Å²) < 4.78 is 26.6. The molecule has 24 heavy (non-hydrogen) atoms. The fourth-order valence-electron chi connectivity index (χ4n) is 2.64. The van der Waals surface area contributed by atoms with Crippen molar-refractivity contribution in [3.8, 4) is 0 Å². The van der Waals surface area contributed by atoms with E-state index < -0.39 is 10.0 Å². The smallest absolute Gasteiger partial charge is 0.255 e. The van der Waals surface area contributed by atoms with E-state index in [0.717, 1.165) is 12.8 Å². The van der Waals surface area contributed by atoms with Crippen LogP contribution < -0.4 is 5.32 Å². The van der Waals surface area contributed by atoms with Crippen molar-refractivity contribution in [2.24, 2.45) is 0 Å². The van der Waals surface area contributed by atoms with E-state index in [1.165, 1.54) is 10.4 Å². The highest BCUT2D eigenvalue weighted by Crippen LogP contribution is 2.23. The summed E-state index contributed by atoms with van der Waals surface area (Å²) in [4.78, 5) is 12.4. The summed E-state index contributed by atoms with van der Waals surface area (Å²) >= 11 is 5.88. The first-order valence-electron chi connectivity index (χ1n) is 7.64. The molecule has 1 heterocycles. The van der Waals surface area contributed by atoms with E-state index in [4.69, 9.17) is 11.6 Å². The molecule has 0 saturated carbocycles. The second kappa shape index (κ2) is 6.93. The van der Waals surface area contributed by atoms with Crippen LogP contribution in [0.25, 0.3) is 0 Å². The maximum absolute atomic E-state index is 12.6. The van der Waals surface area contributed by atoms with Crippen LogP contribution >= 0.6 is 11.6 Å². The van der Waals surface area contributed by atoms with Gasteiger partial charge >= 0.3 is 0 Å². The SMILES string of the molecule is O=C(Nc1cccc(S(=O)(=O)N2CCCC2)c1)c1cccc(Cl)c1. The summed E-state index contributed by atoms with van der Waals surface area (Å²) in [6.07, 6.45) is 1.76. The van der Waals surface area contributed by atoms with E-state index in [0.29, 0.717) is 29.4 Å². The number of nitrogens with one attached hydrogen (secondary N) is 1. The molecule has 3 rings (SSSR count). The van der Waals surface area contributed by atoms with Crippen LogP contribution in [0.5, 0.6) is 0 Å². The molecular weight excluding hydrogens is 348 g/mol. The van der Waals surface area contributed by atoms with Crippen molar-refractivity contribution in [3.63, 3.8) is 0 Å². The average molecular weight is 365 g/mol. The van der Waals surface area contributed by atoms with Crippen molar-refractivity contribution in [2.45, 2.75) is 17.7 Å². The molecule has 5 nitrogen and oxygen atoms in total. The highest BCUT2D eigenvalue weighted by Gasteiger charge is 2.27. The molecule has 1 amide bonds. The maximum atomic E-state index is 12.6. The number of sulfonamides is 1. The molecule has 0 unspecified atom stereocenters. The van der Waals surface area contributed by atoms with E-state index in [1.807, 2.05) is 0 Å². The topological polar surface area (TPSA) is 66.5 Å². The number of nitrogens with zero attached hydrogens (tertiary/aromatic N) is 1. The number of amides is 1. The molecule has 2 aromatic carbocycles. The van der Waals surface area contributed by atoms with Crippen LogP contribution in [0.2, 0.25) is 5.02 Å². The Morgan fingerprint density at radius 3 is 2.46 bits per heavy atom. The molecule has 0 aromatic heterocycles. The number of rotatable bonds is 4. The lowest BCUT2D eigenvalue weighted by atomic mass is 10.2. The summed E-state index contributed by atoms with van der Waals surface area (Å²) in [5.74, 6) is -0.340. The van der Waals surface area contributed by atoms with E-state index in [-0.39, 0.29) is 10.8 Å². The Bertz CT molecular complexity index is 862. The molecule has 7 heteroatoms.